The van der Waals surface area contributed by atoms with Crippen LogP contribution in [-0.2, 0) is 35.3 Å². The molecule has 1 heterocycles. The molecule has 182 valence electrons. The molecule has 7 heteroatoms. The standard InChI is InChI=1S/C28H27F2NO4/c1-28(16-21-6-2-3-8-24(21)30)17-22-13-20(9-10-25(22)35-28)15-26(32)31(18-27(33)34)12-11-19-5-4-7-23(29)14-19/h2-10,13-14H,11-12,15-18H2,1H3,(H,33,34). The maximum Gasteiger partial charge on any atom is 0.323 e. The SMILES string of the molecule is CC1(Cc2ccccc2F)Cc2cc(CC(=O)N(CCc3cccc(F)c3)CC(=O)O)ccc2O1. The Labute approximate surface area is 203 Å². The summed E-state index contributed by atoms with van der Waals surface area (Å²) in [6, 6.07) is 18.2. The van der Waals surface area contributed by atoms with Gasteiger partial charge in [-0.2, -0.15) is 0 Å². The molecule has 5 nitrogen and oxygen atoms in total. The van der Waals surface area contributed by atoms with Crippen LogP contribution in [0.2, 0.25) is 0 Å². The first-order valence-corrected chi connectivity index (χ1v) is 11.5. The van der Waals surface area contributed by atoms with Crippen molar-refractivity contribution in [1.82, 2.24) is 4.90 Å². The first kappa shape index (κ1) is 24.4. The van der Waals surface area contributed by atoms with Crippen LogP contribution in [0.5, 0.6) is 5.75 Å². The summed E-state index contributed by atoms with van der Waals surface area (Å²) in [7, 11) is 0. The Balaban J connectivity index is 1.42. The van der Waals surface area contributed by atoms with Crippen molar-refractivity contribution in [3.63, 3.8) is 0 Å². The third kappa shape index (κ3) is 6.23. The average Bonchev–Trinajstić information content (AvgIpc) is 3.13. The van der Waals surface area contributed by atoms with Gasteiger partial charge in [0.15, 0.2) is 0 Å². The fourth-order valence-corrected chi connectivity index (χ4v) is 4.53. The van der Waals surface area contributed by atoms with Gasteiger partial charge in [-0.25, -0.2) is 8.78 Å². The molecule has 1 aliphatic heterocycles. The molecule has 0 bridgehead atoms. The molecular formula is C28H27F2NO4. The van der Waals surface area contributed by atoms with Gasteiger partial charge >= 0.3 is 5.97 Å². The van der Waals surface area contributed by atoms with E-state index in [9.17, 15) is 23.5 Å². The van der Waals surface area contributed by atoms with Crippen molar-refractivity contribution in [3.05, 3.63) is 101 Å². The minimum Gasteiger partial charge on any atom is -0.487 e. The molecule has 35 heavy (non-hydrogen) atoms. The largest absolute Gasteiger partial charge is 0.487 e. The van der Waals surface area contributed by atoms with Crippen molar-refractivity contribution in [2.24, 2.45) is 0 Å². The molecule has 3 aromatic carbocycles. The van der Waals surface area contributed by atoms with Crippen LogP contribution < -0.4 is 4.74 Å². The second-order valence-corrected chi connectivity index (χ2v) is 9.20. The lowest BCUT2D eigenvalue weighted by Crippen LogP contribution is -2.38. The molecule has 1 atom stereocenters. The molecule has 0 spiro atoms. The molecule has 0 radical (unpaired) electrons. The molecular weight excluding hydrogens is 452 g/mol. The number of hydrogen-bond donors (Lipinski definition) is 1. The predicted octanol–water partition coefficient (Wildman–Crippen LogP) is 4.60. The zero-order valence-electron chi connectivity index (χ0n) is 19.5. The van der Waals surface area contributed by atoms with Gasteiger partial charge in [-0.05, 0) is 59.9 Å². The van der Waals surface area contributed by atoms with Crippen LogP contribution in [0.3, 0.4) is 0 Å². The average molecular weight is 480 g/mol. The van der Waals surface area contributed by atoms with E-state index < -0.39 is 18.1 Å². The number of ether oxygens (including phenoxy) is 1. The second-order valence-electron chi connectivity index (χ2n) is 9.20. The molecule has 0 fully saturated rings. The van der Waals surface area contributed by atoms with Crippen LogP contribution in [0.4, 0.5) is 8.78 Å². The highest BCUT2D eigenvalue weighted by Gasteiger charge is 2.35. The highest BCUT2D eigenvalue weighted by molar-refractivity contribution is 5.83. The number of carbonyl (C=O) groups is 2. The predicted molar refractivity (Wildman–Crippen MR) is 127 cm³/mol. The third-order valence-electron chi connectivity index (χ3n) is 6.16. The van der Waals surface area contributed by atoms with Crippen molar-refractivity contribution in [2.75, 3.05) is 13.1 Å². The van der Waals surface area contributed by atoms with Crippen molar-refractivity contribution in [2.45, 2.75) is 38.2 Å². The van der Waals surface area contributed by atoms with E-state index in [0.717, 1.165) is 11.1 Å². The highest BCUT2D eigenvalue weighted by atomic mass is 19.1. The van der Waals surface area contributed by atoms with Gasteiger partial charge in [0, 0.05) is 19.4 Å². The number of halogens is 2. The van der Waals surface area contributed by atoms with E-state index in [-0.39, 0.29) is 30.5 Å². The summed E-state index contributed by atoms with van der Waals surface area (Å²) in [5.41, 5.74) is 2.35. The molecule has 0 aliphatic carbocycles. The fourth-order valence-electron chi connectivity index (χ4n) is 4.53. The van der Waals surface area contributed by atoms with Crippen LogP contribution in [0, 0.1) is 11.6 Å². The van der Waals surface area contributed by atoms with Crippen LogP contribution in [-0.4, -0.2) is 40.6 Å². The number of carboxylic acids is 1. The normalized spacial score (nSPS) is 16.4. The van der Waals surface area contributed by atoms with E-state index in [1.165, 1.54) is 23.1 Å². The topological polar surface area (TPSA) is 66.8 Å². The summed E-state index contributed by atoms with van der Waals surface area (Å²) in [5.74, 6) is -1.37. The lowest BCUT2D eigenvalue weighted by atomic mass is 9.91. The minimum atomic E-state index is -1.11. The smallest absolute Gasteiger partial charge is 0.323 e. The molecule has 4 rings (SSSR count). The zero-order valence-corrected chi connectivity index (χ0v) is 19.5. The summed E-state index contributed by atoms with van der Waals surface area (Å²) in [6.45, 7) is 1.68. The third-order valence-corrected chi connectivity index (χ3v) is 6.16. The van der Waals surface area contributed by atoms with Gasteiger partial charge < -0.3 is 14.7 Å². The molecule has 0 aromatic heterocycles. The van der Waals surface area contributed by atoms with E-state index in [1.54, 1.807) is 42.5 Å². The van der Waals surface area contributed by atoms with Gasteiger partial charge in [0.2, 0.25) is 5.91 Å². The number of carbonyl (C=O) groups excluding carboxylic acids is 1. The van der Waals surface area contributed by atoms with Gasteiger partial charge in [0.25, 0.3) is 0 Å². The second kappa shape index (κ2) is 10.3. The Kier molecular flexibility index (Phi) is 7.15. The van der Waals surface area contributed by atoms with Gasteiger partial charge in [-0.15, -0.1) is 0 Å². The number of hydrogen-bond acceptors (Lipinski definition) is 3. The van der Waals surface area contributed by atoms with E-state index >= 15 is 0 Å². The monoisotopic (exact) mass is 479 g/mol. The number of benzene rings is 3. The van der Waals surface area contributed by atoms with Crippen LogP contribution in [0.25, 0.3) is 0 Å². The van der Waals surface area contributed by atoms with Crippen molar-refractivity contribution in [1.29, 1.82) is 0 Å². The summed E-state index contributed by atoms with van der Waals surface area (Å²) in [6.07, 6.45) is 1.36. The van der Waals surface area contributed by atoms with E-state index in [4.69, 9.17) is 4.74 Å². The molecule has 1 unspecified atom stereocenters. The van der Waals surface area contributed by atoms with Gasteiger partial charge in [0.05, 0.1) is 6.42 Å². The Hall–Kier alpha value is -3.74. The lowest BCUT2D eigenvalue weighted by Gasteiger charge is -2.24. The molecule has 0 saturated heterocycles. The van der Waals surface area contributed by atoms with Crippen LogP contribution in [0.15, 0.2) is 66.7 Å². The zero-order chi connectivity index (χ0) is 25.0. The van der Waals surface area contributed by atoms with E-state index in [1.807, 2.05) is 13.0 Å². The summed E-state index contributed by atoms with van der Waals surface area (Å²) >= 11 is 0. The quantitative estimate of drug-likeness (QED) is 0.487. The van der Waals surface area contributed by atoms with Crippen molar-refractivity contribution in [3.8, 4) is 5.75 Å². The van der Waals surface area contributed by atoms with E-state index in [2.05, 4.69) is 0 Å². The lowest BCUT2D eigenvalue weighted by molar-refractivity contribution is -0.144. The van der Waals surface area contributed by atoms with E-state index in [0.29, 0.717) is 36.1 Å². The number of aliphatic carboxylic acids is 1. The molecule has 3 aromatic rings. The molecule has 1 aliphatic rings. The fraction of sp³-hybridized carbons (Fsp3) is 0.286. The molecule has 1 N–H and O–H groups in total. The first-order chi connectivity index (χ1) is 16.7. The first-order valence-electron chi connectivity index (χ1n) is 11.5. The number of rotatable bonds is 9. The van der Waals surface area contributed by atoms with Gasteiger partial charge in [-0.3, -0.25) is 9.59 Å². The Bertz CT molecular complexity index is 1250. The van der Waals surface area contributed by atoms with Crippen LogP contribution >= 0.6 is 0 Å². The number of carboxylic acid groups (broad SMARTS) is 1. The Morgan fingerprint density at radius 2 is 1.83 bits per heavy atom. The number of nitrogens with zero attached hydrogens (tertiary/aromatic N) is 1. The van der Waals surface area contributed by atoms with Crippen LogP contribution in [0.1, 0.15) is 29.2 Å². The summed E-state index contributed by atoms with van der Waals surface area (Å²) in [4.78, 5) is 25.6. The molecule has 1 amide bonds. The minimum absolute atomic E-state index is 0.0355. The Morgan fingerprint density at radius 3 is 2.57 bits per heavy atom. The van der Waals surface area contributed by atoms with Crippen molar-refractivity contribution >= 4 is 11.9 Å². The van der Waals surface area contributed by atoms with Gasteiger partial charge in [-0.1, -0.05) is 42.5 Å². The number of fused-ring (bicyclic) bond motifs is 1. The van der Waals surface area contributed by atoms with Gasteiger partial charge in [0.1, 0.15) is 29.5 Å². The Morgan fingerprint density at radius 1 is 1.03 bits per heavy atom. The molecule has 0 saturated carbocycles. The maximum atomic E-state index is 14.1. The maximum absolute atomic E-state index is 14.1. The summed E-state index contributed by atoms with van der Waals surface area (Å²) < 4.78 is 33.7. The summed E-state index contributed by atoms with van der Waals surface area (Å²) in [5, 5.41) is 9.27. The number of amides is 1. The van der Waals surface area contributed by atoms with Crippen molar-refractivity contribution < 1.29 is 28.2 Å². The highest BCUT2D eigenvalue weighted by Crippen LogP contribution is 2.38.